The second-order valence-corrected chi connectivity index (χ2v) is 7.55. The summed E-state index contributed by atoms with van der Waals surface area (Å²) in [6.45, 7) is 2.44. The summed E-state index contributed by atoms with van der Waals surface area (Å²) in [5.74, 6) is 0.644. The van der Waals surface area contributed by atoms with Gasteiger partial charge in [-0.15, -0.1) is 11.3 Å². The molecule has 3 heterocycles. The molecule has 0 saturated carbocycles. The third-order valence-corrected chi connectivity index (χ3v) is 5.43. The summed E-state index contributed by atoms with van der Waals surface area (Å²) in [5, 5.41) is 6.34. The SMILES string of the molecule is CCOc1cccc2cc(-c3csc(NC(=O)c4cc5ccccc5oc4=O)n3)oc12. The van der Waals surface area contributed by atoms with Crippen LogP contribution in [0, 0.1) is 0 Å². The lowest BCUT2D eigenvalue weighted by Gasteiger charge is -2.02. The van der Waals surface area contributed by atoms with Crippen molar-refractivity contribution in [3.8, 4) is 17.2 Å². The molecule has 0 fully saturated rings. The fourth-order valence-electron chi connectivity index (χ4n) is 3.26. The third-order valence-electron chi connectivity index (χ3n) is 4.67. The highest BCUT2D eigenvalue weighted by molar-refractivity contribution is 7.14. The predicted molar refractivity (Wildman–Crippen MR) is 119 cm³/mol. The molecule has 8 heteroatoms. The number of hydrogen-bond donors (Lipinski definition) is 1. The van der Waals surface area contributed by atoms with Gasteiger partial charge in [0.2, 0.25) is 0 Å². The summed E-state index contributed by atoms with van der Waals surface area (Å²) in [7, 11) is 0. The van der Waals surface area contributed by atoms with Crippen LogP contribution >= 0.6 is 11.3 Å². The van der Waals surface area contributed by atoms with E-state index >= 15 is 0 Å². The Morgan fingerprint density at radius 3 is 2.81 bits per heavy atom. The highest BCUT2D eigenvalue weighted by Crippen LogP contribution is 2.34. The zero-order valence-electron chi connectivity index (χ0n) is 16.4. The molecule has 0 unspecified atom stereocenters. The summed E-state index contributed by atoms with van der Waals surface area (Å²) < 4.78 is 16.8. The van der Waals surface area contributed by atoms with Crippen LogP contribution in [0.15, 0.2) is 73.6 Å². The topological polar surface area (TPSA) is 94.6 Å². The van der Waals surface area contributed by atoms with E-state index in [-0.39, 0.29) is 5.56 Å². The van der Waals surface area contributed by atoms with Crippen LogP contribution in [0.25, 0.3) is 33.4 Å². The Labute approximate surface area is 179 Å². The Balaban J connectivity index is 1.42. The second-order valence-electron chi connectivity index (χ2n) is 6.70. The lowest BCUT2D eigenvalue weighted by atomic mass is 10.2. The zero-order chi connectivity index (χ0) is 21.4. The molecule has 0 bridgehead atoms. The van der Waals surface area contributed by atoms with Crippen molar-refractivity contribution >= 4 is 44.3 Å². The van der Waals surface area contributed by atoms with Crippen molar-refractivity contribution in [2.24, 2.45) is 0 Å². The van der Waals surface area contributed by atoms with E-state index in [1.54, 1.807) is 29.6 Å². The van der Waals surface area contributed by atoms with E-state index in [2.05, 4.69) is 10.3 Å². The van der Waals surface area contributed by atoms with Crippen molar-refractivity contribution in [1.29, 1.82) is 0 Å². The van der Waals surface area contributed by atoms with Gasteiger partial charge in [0.1, 0.15) is 16.8 Å². The number of carbonyl (C=O) groups is 1. The van der Waals surface area contributed by atoms with Gasteiger partial charge in [0, 0.05) is 16.2 Å². The predicted octanol–water partition coefficient (Wildman–Crippen LogP) is 5.31. The van der Waals surface area contributed by atoms with E-state index in [0.29, 0.717) is 45.5 Å². The highest BCUT2D eigenvalue weighted by atomic mass is 32.1. The zero-order valence-corrected chi connectivity index (χ0v) is 17.2. The van der Waals surface area contributed by atoms with Crippen LogP contribution in [-0.2, 0) is 0 Å². The molecule has 0 aliphatic heterocycles. The molecule has 2 aromatic carbocycles. The van der Waals surface area contributed by atoms with E-state index in [1.807, 2.05) is 31.2 Å². The van der Waals surface area contributed by atoms with Crippen LogP contribution in [0.1, 0.15) is 17.3 Å². The lowest BCUT2D eigenvalue weighted by molar-refractivity contribution is 0.102. The minimum Gasteiger partial charge on any atom is -0.490 e. The number of anilines is 1. The Hall–Kier alpha value is -3.91. The fraction of sp³-hybridized carbons (Fsp3) is 0.0870. The van der Waals surface area contributed by atoms with Crippen molar-refractivity contribution in [2.75, 3.05) is 11.9 Å². The maximum absolute atomic E-state index is 12.6. The molecule has 5 rings (SSSR count). The number of carbonyl (C=O) groups excluding carboxylic acids is 1. The number of nitrogens with zero attached hydrogens (tertiary/aromatic N) is 1. The molecule has 1 amide bonds. The van der Waals surface area contributed by atoms with Gasteiger partial charge in [0.05, 0.1) is 6.61 Å². The number of thiazole rings is 1. The average Bonchev–Trinajstić information content (AvgIpc) is 3.41. The standard InChI is InChI=1S/C23H16N2O5S/c1-2-28-18-9-5-7-14-11-19(29-20(14)18)16-12-31-23(24-16)25-21(26)15-10-13-6-3-4-8-17(13)30-22(15)27/h3-12H,2H2,1H3,(H,24,25,26). The molecule has 31 heavy (non-hydrogen) atoms. The molecule has 0 atom stereocenters. The van der Waals surface area contributed by atoms with Gasteiger partial charge in [-0.3, -0.25) is 10.1 Å². The van der Waals surface area contributed by atoms with Crippen LogP contribution in [-0.4, -0.2) is 17.5 Å². The number of ether oxygens (including phenoxy) is 1. The summed E-state index contributed by atoms with van der Waals surface area (Å²) in [5.41, 5.74) is 0.863. The minimum atomic E-state index is -0.700. The Morgan fingerprint density at radius 2 is 1.94 bits per heavy atom. The summed E-state index contributed by atoms with van der Waals surface area (Å²) in [4.78, 5) is 29.3. The van der Waals surface area contributed by atoms with E-state index in [1.165, 1.54) is 17.4 Å². The summed E-state index contributed by atoms with van der Waals surface area (Å²) in [6.07, 6.45) is 0. The quantitative estimate of drug-likeness (QED) is 0.378. The van der Waals surface area contributed by atoms with Gasteiger partial charge in [0.25, 0.3) is 5.91 Å². The molecule has 5 aromatic rings. The Kier molecular flexibility index (Phi) is 4.76. The molecule has 0 aliphatic rings. The van der Waals surface area contributed by atoms with Crippen molar-refractivity contribution < 1.29 is 18.4 Å². The Morgan fingerprint density at radius 1 is 1.10 bits per heavy atom. The van der Waals surface area contributed by atoms with Gasteiger partial charge < -0.3 is 13.6 Å². The van der Waals surface area contributed by atoms with Crippen molar-refractivity contribution in [3.63, 3.8) is 0 Å². The number of nitrogens with one attached hydrogen (secondary N) is 1. The molecule has 0 spiro atoms. The average molecular weight is 432 g/mol. The van der Waals surface area contributed by atoms with Crippen molar-refractivity contribution in [1.82, 2.24) is 4.98 Å². The number of para-hydroxylation sites is 2. The van der Waals surface area contributed by atoms with E-state index < -0.39 is 11.5 Å². The van der Waals surface area contributed by atoms with Crippen molar-refractivity contribution in [3.05, 3.63) is 76.0 Å². The fourth-order valence-corrected chi connectivity index (χ4v) is 3.96. The van der Waals surface area contributed by atoms with Gasteiger partial charge in [-0.1, -0.05) is 30.3 Å². The van der Waals surface area contributed by atoms with Crippen LogP contribution in [0.4, 0.5) is 5.13 Å². The normalized spacial score (nSPS) is 11.1. The second kappa shape index (κ2) is 7.73. The third kappa shape index (κ3) is 3.57. The number of furan rings is 1. The van der Waals surface area contributed by atoms with E-state index in [9.17, 15) is 9.59 Å². The first kappa shape index (κ1) is 19.1. The smallest absolute Gasteiger partial charge is 0.349 e. The number of amides is 1. The summed E-state index contributed by atoms with van der Waals surface area (Å²) >= 11 is 1.23. The first-order chi connectivity index (χ1) is 15.1. The van der Waals surface area contributed by atoms with Gasteiger partial charge in [0.15, 0.2) is 22.2 Å². The van der Waals surface area contributed by atoms with Gasteiger partial charge >= 0.3 is 5.63 Å². The highest BCUT2D eigenvalue weighted by Gasteiger charge is 2.17. The molecule has 0 saturated heterocycles. The number of fused-ring (bicyclic) bond motifs is 2. The molecule has 7 nitrogen and oxygen atoms in total. The van der Waals surface area contributed by atoms with Crippen molar-refractivity contribution in [2.45, 2.75) is 6.92 Å². The molecule has 0 radical (unpaired) electrons. The summed E-state index contributed by atoms with van der Waals surface area (Å²) in [6, 6.07) is 16.1. The maximum atomic E-state index is 12.6. The van der Waals surface area contributed by atoms with Crippen LogP contribution in [0.5, 0.6) is 5.75 Å². The number of benzene rings is 2. The van der Waals surface area contributed by atoms with Crippen LogP contribution in [0.2, 0.25) is 0 Å². The van der Waals surface area contributed by atoms with E-state index in [4.69, 9.17) is 13.6 Å². The molecule has 0 aliphatic carbocycles. The Bertz CT molecular complexity index is 1480. The number of hydrogen-bond acceptors (Lipinski definition) is 7. The molecular formula is C23H16N2O5S. The first-order valence-electron chi connectivity index (χ1n) is 9.58. The first-order valence-corrected chi connectivity index (χ1v) is 10.5. The molecular weight excluding hydrogens is 416 g/mol. The van der Waals surface area contributed by atoms with Gasteiger partial charge in [-0.2, -0.15) is 0 Å². The molecule has 1 N–H and O–H groups in total. The van der Waals surface area contributed by atoms with Crippen LogP contribution in [0.3, 0.4) is 0 Å². The number of aromatic nitrogens is 1. The lowest BCUT2D eigenvalue weighted by Crippen LogP contribution is -2.20. The molecule has 3 aromatic heterocycles. The largest absolute Gasteiger partial charge is 0.490 e. The minimum absolute atomic E-state index is 0.0828. The van der Waals surface area contributed by atoms with Crippen LogP contribution < -0.4 is 15.7 Å². The maximum Gasteiger partial charge on any atom is 0.349 e. The van der Waals surface area contributed by atoms with Gasteiger partial charge in [-0.25, -0.2) is 9.78 Å². The molecule has 154 valence electrons. The van der Waals surface area contributed by atoms with E-state index in [0.717, 1.165) is 5.39 Å². The monoisotopic (exact) mass is 432 g/mol. The van der Waals surface area contributed by atoms with Gasteiger partial charge in [-0.05, 0) is 31.2 Å². The number of rotatable bonds is 5.